The monoisotopic (exact) mass is 290 g/mol. The van der Waals surface area contributed by atoms with Crippen molar-refractivity contribution in [2.24, 2.45) is 5.73 Å². The molecule has 0 saturated carbocycles. The van der Waals surface area contributed by atoms with Gasteiger partial charge in [0.1, 0.15) is 0 Å². The molecule has 3 nitrogen and oxygen atoms in total. The van der Waals surface area contributed by atoms with Gasteiger partial charge < -0.3 is 10.3 Å². The molecule has 1 aromatic carbocycles. The smallest absolute Gasteiger partial charge is 0.186 e. The van der Waals surface area contributed by atoms with Crippen LogP contribution in [0.25, 0.3) is 5.69 Å². The quantitative estimate of drug-likeness (QED) is 0.922. The first-order valence-corrected chi connectivity index (χ1v) is 6.87. The van der Waals surface area contributed by atoms with E-state index in [0.29, 0.717) is 10.6 Å². The summed E-state index contributed by atoms with van der Waals surface area (Å²) >= 11 is 6.08. The molecule has 0 amide bonds. The summed E-state index contributed by atoms with van der Waals surface area (Å²) in [5.74, 6) is 0. The third-order valence-corrected chi connectivity index (χ3v) is 3.60. The molecule has 0 aliphatic rings. The number of nitrogens with two attached hydrogens (primary N) is 1. The fourth-order valence-electron chi connectivity index (χ4n) is 2.22. The van der Waals surface area contributed by atoms with Gasteiger partial charge in [-0.25, -0.2) is 0 Å². The van der Waals surface area contributed by atoms with Crippen molar-refractivity contribution in [1.82, 2.24) is 4.57 Å². The first kappa shape index (κ1) is 14.8. The van der Waals surface area contributed by atoms with Crippen LogP contribution < -0.4 is 11.2 Å². The molecular formula is C16H19ClN2O. The second kappa shape index (κ2) is 5.08. The molecule has 4 heteroatoms. The van der Waals surface area contributed by atoms with Crippen molar-refractivity contribution >= 4 is 11.6 Å². The Balaban J connectivity index is 2.75. The van der Waals surface area contributed by atoms with E-state index >= 15 is 0 Å². The molecule has 0 aliphatic heterocycles. The van der Waals surface area contributed by atoms with Crippen LogP contribution in [-0.2, 0) is 5.54 Å². The second-order valence-corrected chi connectivity index (χ2v) is 6.15. The van der Waals surface area contributed by atoms with Crippen molar-refractivity contribution in [2.75, 3.05) is 0 Å². The van der Waals surface area contributed by atoms with Crippen molar-refractivity contribution in [3.05, 3.63) is 62.5 Å². The van der Waals surface area contributed by atoms with E-state index in [9.17, 15) is 4.79 Å². The first-order valence-electron chi connectivity index (χ1n) is 6.49. The molecule has 0 aliphatic carbocycles. The third kappa shape index (κ3) is 2.79. The highest BCUT2D eigenvalue weighted by Crippen LogP contribution is 2.22. The van der Waals surface area contributed by atoms with E-state index in [4.69, 9.17) is 17.3 Å². The largest absolute Gasteiger partial charge is 0.322 e. The molecule has 2 N–H and O–H groups in total. The zero-order valence-electron chi connectivity index (χ0n) is 12.2. The summed E-state index contributed by atoms with van der Waals surface area (Å²) in [5.41, 5.74) is 8.85. The highest BCUT2D eigenvalue weighted by molar-refractivity contribution is 6.30. The lowest BCUT2D eigenvalue weighted by Crippen LogP contribution is -2.35. The van der Waals surface area contributed by atoms with Crippen molar-refractivity contribution in [3.63, 3.8) is 0 Å². The average molecular weight is 291 g/mol. The van der Waals surface area contributed by atoms with Gasteiger partial charge in [0.25, 0.3) is 0 Å². The van der Waals surface area contributed by atoms with Crippen molar-refractivity contribution in [3.8, 4) is 5.69 Å². The van der Waals surface area contributed by atoms with Crippen molar-refractivity contribution < 1.29 is 0 Å². The Morgan fingerprint density at radius 2 is 1.85 bits per heavy atom. The summed E-state index contributed by atoms with van der Waals surface area (Å²) in [6, 6.07) is 7.32. The standard InChI is InChI=1S/C16H19ClN2O/c1-10-5-6-12(17)8-14(10)19-9-13(16(3,4)18)15(20)7-11(19)2/h5-9H,18H2,1-4H3. The first-order chi connectivity index (χ1) is 9.20. The van der Waals surface area contributed by atoms with Crippen molar-refractivity contribution in [2.45, 2.75) is 33.2 Å². The lowest BCUT2D eigenvalue weighted by Gasteiger charge is -2.22. The normalized spacial score (nSPS) is 11.7. The molecule has 1 aromatic heterocycles. The van der Waals surface area contributed by atoms with Gasteiger partial charge in [-0.2, -0.15) is 0 Å². The summed E-state index contributed by atoms with van der Waals surface area (Å²) < 4.78 is 1.96. The minimum absolute atomic E-state index is 0.0362. The van der Waals surface area contributed by atoms with E-state index in [1.54, 1.807) is 6.07 Å². The minimum atomic E-state index is -0.682. The highest BCUT2D eigenvalue weighted by atomic mass is 35.5. The lowest BCUT2D eigenvalue weighted by atomic mass is 9.96. The maximum atomic E-state index is 12.1. The van der Waals surface area contributed by atoms with E-state index in [2.05, 4.69) is 0 Å². The Kier molecular flexibility index (Phi) is 3.76. The van der Waals surface area contributed by atoms with Gasteiger partial charge >= 0.3 is 0 Å². The molecular weight excluding hydrogens is 272 g/mol. The SMILES string of the molecule is Cc1ccc(Cl)cc1-n1cc(C(C)(C)N)c(=O)cc1C. The number of hydrogen-bond donors (Lipinski definition) is 1. The number of hydrogen-bond acceptors (Lipinski definition) is 2. The topological polar surface area (TPSA) is 48.0 Å². The van der Waals surface area contributed by atoms with Gasteiger partial charge in [-0.3, -0.25) is 4.79 Å². The summed E-state index contributed by atoms with van der Waals surface area (Å²) in [6.45, 7) is 7.56. The molecule has 20 heavy (non-hydrogen) atoms. The molecule has 0 saturated heterocycles. The third-order valence-electron chi connectivity index (χ3n) is 3.37. The molecule has 0 unspecified atom stereocenters. The van der Waals surface area contributed by atoms with Crippen LogP contribution >= 0.6 is 11.6 Å². The fraction of sp³-hybridized carbons (Fsp3) is 0.312. The van der Waals surface area contributed by atoms with Crippen LogP contribution in [0.1, 0.15) is 30.7 Å². The Bertz CT molecular complexity index is 711. The molecule has 2 aromatic rings. The predicted octanol–water partition coefficient (Wildman–Crippen LogP) is 3.30. The number of benzene rings is 1. The Morgan fingerprint density at radius 3 is 2.45 bits per heavy atom. The molecule has 0 bridgehead atoms. The van der Waals surface area contributed by atoms with Gasteiger partial charge in [0, 0.05) is 39.8 Å². The van der Waals surface area contributed by atoms with Gasteiger partial charge in [0.2, 0.25) is 0 Å². The molecule has 0 atom stereocenters. The second-order valence-electron chi connectivity index (χ2n) is 5.72. The van der Waals surface area contributed by atoms with Crippen LogP contribution in [0.5, 0.6) is 0 Å². The maximum Gasteiger partial charge on any atom is 0.186 e. The van der Waals surface area contributed by atoms with Crippen LogP contribution in [0.15, 0.2) is 35.3 Å². The van der Waals surface area contributed by atoms with Crippen LogP contribution in [0.3, 0.4) is 0 Å². The van der Waals surface area contributed by atoms with E-state index in [0.717, 1.165) is 16.9 Å². The summed E-state index contributed by atoms with van der Waals surface area (Å²) in [6.07, 6.45) is 1.82. The number of pyridine rings is 1. The number of rotatable bonds is 2. The van der Waals surface area contributed by atoms with Gasteiger partial charge in [-0.05, 0) is 45.4 Å². The van der Waals surface area contributed by atoms with E-state index in [1.165, 1.54) is 0 Å². The Morgan fingerprint density at radius 1 is 1.20 bits per heavy atom. The maximum absolute atomic E-state index is 12.1. The predicted molar refractivity (Wildman–Crippen MR) is 83.7 cm³/mol. The summed E-state index contributed by atoms with van der Waals surface area (Å²) in [5, 5.41) is 0.664. The van der Waals surface area contributed by atoms with Crippen LogP contribution in [0.4, 0.5) is 0 Å². The number of aromatic nitrogens is 1. The lowest BCUT2D eigenvalue weighted by molar-refractivity contribution is 0.544. The Hall–Kier alpha value is -1.58. The van der Waals surface area contributed by atoms with Gasteiger partial charge in [-0.1, -0.05) is 17.7 Å². The van der Waals surface area contributed by atoms with Crippen LogP contribution in [-0.4, -0.2) is 4.57 Å². The number of nitrogens with zero attached hydrogens (tertiary/aromatic N) is 1. The van der Waals surface area contributed by atoms with E-state index < -0.39 is 5.54 Å². The minimum Gasteiger partial charge on any atom is -0.322 e. The van der Waals surface area contributed by atoms with Crippen LogP contribution in [0.2, 0.25) is 5.02 Å². The van der Waals surface area contributed by atoms with E-state index in [-0.39, 0.29) is 5.43 Å². The molecule has 1 heterocycles. The summed E-state index contributed by atoms with van der Waals surface area (Å²) in [4.78, 5) is 12.1. The van der Waals surface area contributed by atoms with Crippen LogP contribution in [0, 0.1) is 13.8 Å². The fourth-order valence-corrected chi connectivity index (χ4v) is 2.38. The van der Waals surface area contributed by atoms with Gasteiger partial charge in [-0.15, -0.1) is 0 Å². The molecule has 0 spiro atoms. The Labute approximate surface area is 124 Å². The van der Waals surface area contributed by atoms with Gasteiger partial charge in [0.15, 0.2) is 5.43 Å². The van der Waals surface area contributed by atoms with Crippen molar-refractivity contribution in [1.29, 1.82) is 0 Å². The highest BCUT2D eigenvalue weighted by Gasteiger charge is 2.19. The average Bonchev–Trinajstić information content (AvgIpc) is 2.31. The number of halogens is 1. The molecule has 106 valence electrons. The number of aryl methyl sites for hydroxylation is 2. The van der Waals surface area contributed by atoms with E-state index in [1.807, 2.05) is 56.7 Å². The molecule has 0 fully saturated rings. The van der Waals surface area contributed by atoms with Gasteiger partial charge in [0.05, 0.1) is 0 Å². The zero-order valence-corrected chi connectivity index (χ0v) is 13.0. The summed E-state index contributed by atoms with van der Waals surface area (Å²) in [7, 11) is 0. The zero-order chi connectivity index (χ0) is 15.1. The molecule has 0 radical (unpaired) electrons. The molecule has 2 rings (SSSR count).